The van der Waals surface area contributed by atoms with Crippen LogP contribution in [-0.2, 0) is 9.59 Å². The second-order valence-electron chi connectivity index (χ2n) is 4.67. The van der Waals surface area contributed by atoms with Gasteiger partial charge in [-0.1, -0.05) is 6.07 Å². The quantitative estimate of drug-likeness (QED) is 0.857. The van der Waals surface area contributed by atoms with Gasteiger partial charge in [-0.3, -0.25) is 9.59 Å². The first-order valence-electron chi connectivity index (χ1n) is 6.00. The third kappa shape index (κ3) is 3.18. The fraction of sp³-hybridized carbons (Fsp3) is 0.500. The highest BCUT2D eigenvalue weighted by molar-refractivity contribution is 8.01. The Bertz CT molecular complexity index is 532. The Labute approximate surface area is 126 Å². The summed E-state index contributed by atoms with van der Waals surface area (Å²) in [5.74, 6) is -2.38. The number of carboxylic acids is 1. The number of halogens is 3. The first-order valence-corrected chi connectivity index (χ1v) is 7.87. The van der Waals surface area contributed by atoms with Crippen LogP contribution in [0.5, 0.6) is 0 Å². The van der Waals surface area contributed by atoms with Crippen molar-refractivity contribution in [1.82, 2.24) is 4.90 Å². The van der Waals surface area contributed by atoms with Crippen LogP contribution < -0.4 is 0 Å². The molecule has 0 spiro atoms. The SMILES string of the molecule is O=C(CSc1cccs1)N1CCC(C(=O)O)(C(F)(F)F)C1. The van der Waals surface area contributed by atoms with E-state index in [0.29, 0.717) is 0 Å². The van der Waals surface area contributed by atoms with Gasteiger partial charge in [0, 0.05) is 13.1 Å². The molecule has 1 fully saturated rings. The maximum absolute atomic E-state index is 13.0. The first-order chi connectivity index (χ1) is 9.76. The molecule has 2 rings (SSSR count). The van der Waals surface area contributed by atoms with E-state index >= 15 is 0 Å². The molecule has 116 valence electrons. The lowest BCUT2D eigenvalue weighted by atomic mass is 9.86. The molecule has 2 heterocycles. The number of likely N-dealkylation sites (tertiary alicyclic amines) is 1. The van der Waals surface area contributed by atoms with Crippen LogP contribution in [0.3, 0.4) is 0 Å². The van der Waals surface area contributed by atoms with E-state index in [9.17, 15) is 22.8 Å². The minimum Gasteiger partial charge on any atom is -0.481 e. The molecule has 1 aromatic rings. The molecule has 0 aromatic carbocycles. The Morgan fingerprint density at radius 1 is 1.48 bits per heavy atom. The molecule has 0 radical (unpaired) electrons. The summed E-state index contributed by atoms with van der Waals surface area (Å²) in [4.78, 5) is 23.9. The van der Waals surface area contributed by atoms with Crippen molar-refractivity contribution in [2.24, 2.45) is 5.41 Å². The molecule has 0 saturated carbocycles. The van der Waals surface area contributed by atoms with E-state index in [2.05, 4.69) is 0 Å². The Hall–Kier alpha value is -1.22. The molecule has 0 bridgehead atoms. The zero-order chi connectivity index (χ0) is 15.7. The summed E-state index contributed by atoms with van der Waals surface area (Å²) < 4.78 is 39.9. The van der Waals surface area contributed by atoms with Crippen LogP contribution in [0.2, 0.25) is 0 Å². The van der Waals surface area contributed by atoms with E-state index in [1.165, 1.54) is 23.1 Å². The zero-order valence-corrected chi connectivity index (χ0v) is 12.4. The van der Waals surface area contributed by atoms with Crippen LogP contribution in [-0.4, -0.2) is 46.9 Å². The summed E-state index contributed by atoms with van der Waals surface area (Å²) in [6.45, 7) is -0.995. The van der Waals surface area contributed by atoms with Gasteiger partial charge in [-0.05, 0) is 17.9 Å². The summed E-state index contributed by atoms with van der Waals surface area (Å²) in [6, 6.07) is 3.62. The highest BCUT2D eigenvalue weighted by Gasteiger charge is 2.64. The maximum atomic E-state index is 13.0. The van der Waals surface area contributed by atoms with Crippen molar-refractivity contribution >= 4 is 35.0 Å². The van der Waals surface area contributed by atoms with Crippen molar-refractivity contribution in [2.75, 3.05) is 18.8 Å². The van der Waals surface area contributed by atoms with Crippen molar-refractivity contribution in [3.8, 4) is 0 Å². The van der Waals surface area contributed by atoms with Crippen molar-refractivity contribution in [2.45, 2.75) is 16.8 Å². The number of nitrogens with zero attached hydrogens (tertiary/aromatic N) is 1. The van der Waals surface area contributed by atoms with E-state index in [4.69, 9.17) is 5.11 Å². The topological polar surface area (TPSA) is 57.6 Å². The molecule has 4 nitrogen and oxygen atoms in total. The largest absolute Gasteiger partial charge is 0.481 e. The highest BCUT2D eigenvalue weighted by Crippen LogP contribution is 2.45. The summed E-state index contributed by atoms with van der Waals surface area (Å²) in [7, 11) is 0. The number of hydrogen-bond donors (Lipinski definition) is 1. The zero-order valence-electron chi connectivity index (χ0n) is 10.7. The van der Waals surface area contributed by atoms with Gasteiger partial charge in [-0.15, -0.1) is 23.1 Å². The summed E-state index contributed by atoms with van der Waals surface area (Å²) >= 11 is 2.67. The van der Waals surface area contributed by atoms with Gasteiger partial charge in [0.05, 0.1) is 9.96 Å². The number of alkyl halides is 3. The molecule has 1 aliphatic rings. The molecule has 9 heteroatoms. The lowest BCUT2D eigenvalue weighted by molar-refractivity contribution is -0.227. The average molecular weight is 339 g/mol. The number of carbonyl (C=O) groups excluding carboxylic acids is 1. The lowest BCUT2D eigenvalue weighted by Crippen LogP contribution is -2.47. The Balaban J connectivity index is 2.00. The van der Waals surface area contributed by atoms with Crippen LogP contribution in [0.4, 0.5) is 13.2 Å². The van der Waals surface area contributed by atoms with Crippen molar-refractivity contribution in [3.05, 3.63) is 17.5 Å². The second kappa shape index (κ2) is 5.88. The van der Waals surface area contributed by atoms with E-state index in [1.807, 2.05) is 17.5 Å². The van der Waals surface area contributed by atoms with E-state index in [-0.39, 0.29) is 12.3 Å². The second-order valence-corrected chi connectivity index (χ2v) is 6.89. The molecule has 1 amide bonds. The summed E-state index contributed by atoms with van der Waals surface area (Å²) in [5, 5.41) is 10.8. The number of rotatable bonds is 4. The number of aliphatic carboxylic acids is 1. The number of carboxylic acid groups (broad SMARTS) is 1. The van der Waals surface area contributed by atoms with Crippen molar-refractivity contribution < 1.29 is 27.9 Å². The molecule has 1 saturated heterocycles. The molecule has 1 N–H and O–H groups in total. The monoisotopic (exact) mass is 339 g/mol. The first kappa shape index (κ1) is 16.2. The van der Waals surface area contributed by atoms with Gasteiger partial charge in [-0.25, -0.2) is 0 Å². The van der Waals surface area contributed by atoms with Crippen LogP contribution >= 0.6 is 23.1 Å². The van der Waals surface area contributed by atoms with Crippen LogP contribution in [0.15, 0.2) is 21.7 Å². The molecule has 21 heavy (non-hydrogen) atoms. The van der Waals surface area contributed by atoms with Gasteiger partial charge in [0.2, 0.25) is 5.91 Å². The number of amides is 1. The molecule has 0 aliphatic carbocycles. The fourth-order valence-electron chi connectivity index (χ4n) is 2.12. The van der Waals surface area contributed by atoms with Gasteiger partial charge in [0.1, 0.15) is 0 Å². The molecule has 1 aliphatic heterocycles. The Morgan fingerprint density at radius 3 is 2.67 bits per heavy atom. The number of carbonyl (C=O) groups is 2. The molecule has 1 atom stereocenters. The van der Waals surface area contributed by atoms with Crippen LogP contribution in [0, 0.1) is 5.41 Å². The van der Waals surface area contributed by atoms with Crippen LogP contribution in [0.25, 0.3) is 0 Å². The Kier molecular flexibility index (Phi) is 4.52. The van der Waals surface area contributed by atoms with Gasteiger partial charge >= 0.3 is 12.1 Å². The van der Waals surface area contributed by atoms with Gasteiger partial charge in [0.15, 0.2) is 5.41 Å². The fourth-order valence-corrected chi connectivity index (χ4v) is 3.81. The minimum atomic E-state index is -4.87. The van der Waals surface area contributed by atoms with Gasteiger partial charge in [-0.2, -0.15) is 13.2 Å². The van der Waals surface area contributed by atoms with Crippen LogP contribution in [0.1, 0.15) is 6.42 Å². The lowest BCUT2D eigenvalue weighted by Gasteiger charge is -2.27. The van der Waals surface area contributed by atoms with E-state index < -0.39 is 36.4 Å². The third-order valence-corrected chi connectivity index (χ3v) is 5.52. The minimum absolute atomic E-state index is 0.00801. The van der Waals surface area contributed by atoms with E-state index in [1.54, 1.807) is 0 Å². The van der Waals surface area contributed by atoms with Gasteiger partial charge in [0.25, 0.3) is 0 Å². The average Bonchev–Trinajstić information content (AvgIpc) is 3.04. The van der Waals surface area contributed by atoms with Gasteiger partial charge < -0.3 is 10.0 Å². The van der Waals surface area contributed by atoms with E-state index in [0.717, 1.165) is 9.11 Å². The predicted octanol–water partition coefficient (Wildman–Crippen LogP) is 2.71. The standard InChI is InChI=1S/C12H12F3NO3S2/c13-12(14,15)11(10(18)19)3-4-16(7-11)8(17)6-21-9-2-1-5-20-9/h1-2,5H,3-4,6-7H2,(H,18,19). The number of thioether (sulfide) groups is 1. The third-order valence-electron chi connectivity index (χ3n) is 3.41. The smallest absolute Gasteiger partial charge is 0.406 e. The molecular formula is C12H12F3NO3S2. The van der Waals surface area contributed by atoms with Crippen molar-refractivity contribution in [1.29, 1.82) is 0 Å². The molecular weight excluding hydrogens is 327 g/mol. The van der Waals surface area contributed by atoms with Crippen molar-refractivity contribution in [3.63, 3.8) is 0 Å². The Morgan fingerprint density at radius 2 is 2.19 bits per heavy atom. The normalized spacial score (nSPS) is 22.5. The maximum Gasteiger partial charge on any atom is 0.406 e. The summed E-state index contributed by atoms with van der Waals surface area (Å²) in [5.41, 5.74) is -2.84. The number of thiophene rings is 1. The predicted molar refractivity (Wildman–Crippen MR) is 72.4 cm³/mol. The molecule has 1 aromatic heterocycles. The number of hydrogen-bond acceptors (Lipinski definition) is 4. The highest BCUT2D eigenvalue weighted by atomic mass is 32.2. The molecule has 1 unspecified atom stereocenters. The summed E-state index contributed by atoms with van der Waals surface area (Å²) in [6.07, 6.45) is -5.46.